The van der Waals surface area contributed by atoms with E-state index in [1.54, 1.807) is 40.5 Å². The molecule has 0 aliphatic carbocycles. The molecule has 10 heteroatoms. The molecular weight excluding hydrogens is 426 g/mol. The molecule has 2 atom stereocenters. The van der Waals surface area contributed by atoms with Gasteiger partial charge in [0.15, 0.2) is 0 Å². The lowest BCUT2D eigenvalue weighted by Crippen LogP contribution is -2.41. The molecule has 168 valence electrons. The largest absolute Gasteiger partial charge is 0.465 e. The number of carbonyl (C=O) groups excluding carboxylic acids is 2. The van der Waals surface area contributed by atoms with Crippen molar-refractivity contribution in [1.29, 1.82) is 0 Å². The minimum Gasteiger partial charge on any atom is -0.465 e. The van der Waals surface area contributed by atoms with Crippen molar-refractivity contribution in [2.24, 2.45) is 0 Å². The molecule has 1 fully saturated rings. The summed E-state index contributed by atoms with van der Waals surface area (Å²) in [6.45, 7) is 0.290. The average Bonchev–Trinajstić information content (AvgIpc) is 3.51. The van der Waals surface area contributed by atoms with Crippen molar-refractivity contribution in [1.82, 2.24) is 19.4 Å². The third kappa shape index (κ3) is 3.79. The van der Waals surface area contributed by atoms with Crippen LogP contribution in [0.1, 0.15) is 16.1 Å². The zero-order valence-electron chi connectivity index (χ0n) is 17.8. The van der Waals surface area contributed by atoms with Crippen LogP contribution in [-0.4, -0.2) is 68.2 Å². The van der Waals surface area contributed by atoms with E-state index in [1.807, 2.05) is 24.3 Å². The number of imidazole rings is 1. The number of pyridine rings is 1. The van der Waals surface area contributed by atoms with Gasteiger partial charge in [-0.25, -0.2) is 14.6 Å². The molecule has 3 aromatic rings. The molecule has 0 spiro atoms. The first kappa shape index (κ1) is 20.7. The molecule has 5 rings (SSSR count). The molecule has 4 heterocycles. The fraction of sp³-hybridized carbons (Fsp3) is 0.261. The summed E-state index contributed by atoms with van der Waals surface area (Å²) in [5.41, 5.74) is 3.91. The molecule has 0 saturated carbocycles. The van der Waals surface area contributed by atoms with Gasteiger partial charge in [0.1, 0.15) is 11.8 Å². The lowest BCUT2D eigenvalue weighted by molar-refractivity contribution is 0.0961. The number of carbonyl (C=O) groups is 3. The highest BCUT2D eigenvalue weighted by molar-refractivity contribution is 5.95. The van der Waals surface area contributed by atoms with Crippen LogP contribution in [0.25, 0.3) is 11.1 Å². The first-order valence-electron chi connectivity index (χ1n) is 10.4. The van der Waals surface area contributed by atoms with Gasteiger partial charge in [-0.3, -0.25) is 14.7 Å². The summed E-state index contributed by atoms with van der Waals surface area (Å²) >= 11 is 0. The van der Waals surface area contributed by atoms with Crippen LogP contribution in [0.2, 0.25) is 0 Å². The summed E-state index contributed by atoms with van der Waals surface area (Å²) < 4.78 is 7.12. The maximum Gasteiger partial charge on any atom is 0.415 e. The van der Waals surface area contributed by atoms with Crippen molar-refractivity contribution in [3.05, 3.63) is 66.5 Å². The van der Waals surface area contributed by atoms with Crippen molar-refractivity contribution in [2.75, 3.05) is 18.5 Å². The van der Waals surface area contributed by atoms with E-state index < -0.39 is 18.3 Å². The number of aromatic nitrogens is 3. The second kappa shape index (κ2) is 8.05. The molecule has 2 amide bonds. The van der Waals surface area contributed by atoms with Crippen molar-refractivity contribution >= 4 is 23.7 Å². The van der Waals surface area contributed by atoms with Crippen molar-refractivity contribution in [2.45, 2.75) is 25.1 Å². The fourth-order valence-electron chi connectivity index (χ4n) is 4.32. The normalized spacial score (nSPS) is 18.6. The third-order valence-corrected chi connectivity index (χ3v) is 6.03. The second-order valence-corrected chi connectivity index (χ2v) is 8.16. The standard InChI is InChI=1S/C23H21N5O5/c1-26(22(30)31)12-21-19-9-16-8-14(3-5-18(16)28(19)23(32)33-21)15-2-4-17(25-10-15)20(29)11-27-7-6-24-13-27/h2-8,10,13,19,21H,9,11-12H2,1H3,(H,30,31)/t19-,21-/m0/s1. The SMILES string of the molecule is CN(C[C@@H]1OC(=O)N2c3ccc(-c4ccc(C(=O)Cn5ccnc5)nc4)cc3C[C@@H]12)C(=O)O. The fourth-order valence-corrected chi connectivity index (χ4v) is 4.32. The molecule has 10 nitrogen and oxygen atoms in total. The molecule has 0 bridgehead atoms. The number of cyclic esters (lactones) is 1. The Morgan fingerprint density at radius 1 is 1.24 bits per heavy atom. The highest BCUT2D eigenvalue weighted by Gasteiger charge is 2.48. The number of hydrogen-bond acceptors (Lipinski definition) is 6. The number of fused-ring (bicyclic) bond motifs is 3. The van der Waals surface area contributed by atoms with Gasteiger partial charge >= 0.3 is 12.2 Å². The van der Waals surface area contributed by atoms with Crippen LogP contribution in [0.5, 0.6) is 0 Å². The third-order valence-electron chi connectivity index (χ3n) is 6.03. The van der Waals surface area contributed by atoms with Gasteiger partial charge < -0.3 is 19.3 Å². The number of nitrogens with zero attached hydrogens (tertiary/aromatic N) is 5. The summed E-state index contributed by atoms with van der Waals surface area (Å²) in [5.74, 6) is -0.106. The van der Waals surface area contributed by atoms with Gasteiger partial charge in [-0.15, -0.1) is 0 Å². The smallest absolute Gasteiger partial charge is 0.415 e. The topological polar surface area (TPSA) is 118 Å². The minimum absolute atomic E-state index is 0.106. The number of carboxylic acid groups (broad SMARTS) is 1. The number of ketones is 1. The number of Topliss-reactive ketones (excluding diaryl/α,β-unsaturated/α-hetero) is 1. The van der Waals surface area contributed by atoms with Gasteiger partial charge in [-0.2, -0.15) is 0 Å². The zero-order valence-corrected chi connectivity index (χ0v) is 17.8. The van der Waals surface area contributed by atoms with Gasteiger partial charge in [0.05, 0.1) is 31.1 Å². The maximum absolute atomic E-state index is 12.4. The van der Waals surface area contributed by atoms with Crippen LogP contribution in [0.4, 0.5) is 15.3 Å². The first-order chi connectivity index (χ1) is 15.9. The van der Waals surface area contributed by atoms with Gasteiger partial charge in [0.25, 0.3) is 0 Å². The quantitative estimate of drug-likeness (QED) is 0.577. The molecule has 1 N–H and O–H groups in total. The number of hydrogen-bond donors (Lipinski definition) is 1. The first-order valence-corrected chi connectivity index (χ1v) is 10.4. The van der Waals surface area contributed by atoms with E-state index in [0.29, 0.717) is 12.1 Å². The van der Waals surface area contributed by atoms with Crippen LogP contribution in [0.15, 0.2) is 55.2 Å². The summed E-state index contributed by atoms with van der Waals surface area (Å²) in [7, 11) is 1.45. The summed E-state index contributed by atoms with van der Waals surface area (Å²) in [6.07, 6.45) is 5.11. The predicted molar refractivity (Wildman–Crippen MR) is 117 cm³/mol. The Balaban J connectivity index is 1.33. The van der Waals surface area contributed by atoms with Gasteiger partial charge in [-0.1, -0.05) is 12.1 Å². The van der Waals surface area contributed by atoms with Gasteiger partial charge in [-0.05, 0) is 35.7 Å². The molecule has 1 aromatic carbocycles. The lowest BCUT2D eigenvalue weighted by atomic mass is 10.0. The van der Waals surface area contributed by atoms with Crippen LogP contribution in [-0.2, 0) is 17.7 Å². The van der Waals surface area contributed by atoms with Crippen LogP contribution in [0, 0.1) is 0 Å². The maximum atomic E-state index is 12.4. The predicted octanol–water partition coefficient (Wildman–Crippen LogP) is 2.69. The van der Waals surface area contributed by atoms with E-state index in [4.69, 9.17) is 9.84 Å². The number of amides is 2. The molecular formula is C23H21N5O5. The average molecular weight is 447 g/mol. The highest BCUT2D eigenvalue weighted by Crippen LogP contribution is 2.40. The van der Waals surface area contributed by atoms with Gasteiger partial charge in [0, 0.05) is 31.2 Å². The van der Waals surface area contributed by atoms with Crippen molar-refractivity contribution < 1.29 is 24.2 Å². The second-order valence-electron chi connectivity index (χ2n) is 8.16. The minimum atomic E-state index is -1.07. The van der Waals surface area contributed by atoms with Gasteiger partial charge in [0.2, 0.25) is 5.78 Å². The van der Waals surface area contributed by atoms with Crippen molar-refractivity contribution in [3.63, 3.8) is 0 Å². The summed E-state index contributed by atoms with van der Waals surface area (Å²) in [4.78, 5) is 47.0. The molecule has 2 aliphatic heterocycles. The van der Waals surface area contributed by atoms with E-state index >= 15 is 0 Å². The Morgan fingerprint density at radius 2 is 2.06 bits per heavy atom. The van der Waals surface area contributed by atoms with E-state index in [-0.39, 0.29) is 24.9 Å². The van der Waals surface area contributed by atoms with E-state index in [9.17, 15) is 14.4 Å². The molecule has 1 saturated heterocycles. The molecule has 0 unspecified atom stereocenters. The van der Waals surface area contributed by atoms with E-state index in [0.717, 1.165) is 27.3 Å². The zero-order chi connectivity index (χ0) is 23.1. The summed E-state index contributed by atoms with van der Waals surface area (Å²) in [5, 5.41) is 9.14. The molecule has 2 aromatic heterocycles. The van der Waals surface area contributed by atoms with Crippen LogP contribution >= 0.6 is 0 Å². The Bertz CT molecular complexity index is 1220. The molecule has 2 aliphatic rings. The number of anilines is 1. The number of benzene rings is 1. The Morgan fingerprint density at radius 3 is 2.76 bits per heavy atom. The number of rotatable bonds is 6. The Labute approximate surface area is 189 Å². The summed E-state index contributed by atoms with van der Waals surface area (Å²) in [6, 6.07) is 9.08. The Hall–Kier alpha value is -4.21. The van der Waals surface area contributed by atoms with Crippen molar-refractivity contribution in [3.8, 4) is 11.1 Å². The van der Waals surface area contributed by atoms with Crippen LogP contribution in [0.3, 0.4) is 0 Å². The Kier molecular flexibility index (Phi) is 5.04. The van der Waals surface area contributed by atoms with E-state index in [1.165, 1.54) is 7.05 Å². The molecule has 0 radical (unpaired) electrons. The van der Waals surface area contributed by atoms with E-state index in [2.05, 4.69) is 9.97 Å². The lowest BCUT2D eigenvalue weighted by Gasteiger charge is -2.21. The number of ether oxygens (including phenoxy) is 1. The highest BCUT2D eigenvalue weighted by atomic mass is 16.6. The monoisotopic (exact) mass is 447 g/mol. The molecule has 33 heavy (non-hydrogen) atoms. The van der Waals surface area contributed by atoms with Crippen LogP contribution < -0.4 is 4.90 Å². The number of likely N-dealkylation sites (N-methyl/N-ethyl adjacent to an activating group) is 1.